The van der Waals surface area contributed by atoms with E-state index in [4.69, 9.17) is 5.84 Å². The lowest BCUT2D eigenvalue weighted by atomic mass is 9.97. The van der Waals surface area contributed by atoms with Gasteiger partial charge in [0, 0.05) is 30.1 Å². The molecular weight excluding hydrogens is 254 g/mol. The third-order valence-electron chi connectivity index (χ3n) is 4.15. The molecule has 1 heterocycles. The van der Waals surface area contributed by atoms with Gasteiger partial charge in [0.2, 0.25) is 0 Å². The highest BCUT2D eigenvalue weighted by Crippen LogP contribution is 2.20. The number of rotatable bonds is 4. The summed E-state index contributed by atoms with van der Waals surface area (Å²) in [4.78, 5) is 2.43. The second-order valence-corrected chi connectivity index (χ2v) is 6.67. The number of thioether (sulfide) groups is 1. The van der Waals surface area contributed by atoms with E-state index in [1.165, 1.54) is 22.4 Å². The molecule has 0 aromatic heterocycles. The average molecular weight is 279 g/mol. The fraction of sp³-hybridized carbons (Fsp3) is 0.600. The first kappa shape index (κ1) is 14.9. The van der Waals surface area contributed by atoms with Crippen molar-refractivity contribution in [3.05, 3.63) is 34.9 Å². The Morgan fingerprint density at radius 2 is 2.21 bits per heavy atom. The van der Waals surface area contributed by atoms with Gasteiger partial charge in [0.05, 0.1) is 0 Å². The topological polar surface area (TPSA) is 41.3 Å². The maximum Gasteiger partial charge on any atom is 0.0414 e. The molecule has 106 valence electrons. The van der Waals surface area contributed by atoms with Crippen LogP contribution < -0.4 is 11.3 Å². The summed E-state index contributed by atoms with van der Waals surface area (Å²) >= 11 is 2.03. The molecule has 1 aliphatic rings. The summed E-state index contributed by atoms with van der Waals surface area (Å²) in [5.74, 6) is 8.19. The molecule has 1 fully saturated rings. The Morgan fingerprint density at radius 1 is 1.42 bits per heavy atom. The maximum absolute atomic E-state index is 5.80. The van der Waals surface area contributed by atoms with Crippen molar-refractivity contribution < 1.29 is 0 Å². The summed E-state index contributed by atoms with van der Waals surface area (Å²) in [6, 6.07) is 7.56. The molecule has 0 saturated carbocycles. The Bertz CT molecular complexity index is 422. The van der Waals surface area contributed by atoms with Gasteiger partial charge in [-0.15, -0.1) is 0 Å². The normalized spacial score (nSPS) is 22.4. The van der Waals surface area contributed by atoms with Crippen LogP contribution in [-0.4, -0.2) is 42.1 Å². The fourth-order valence-electron chi connectivity index (χ4n) is 2.62. The molecule has 1 saturated heterocycles. The van der Waals surface area contributed by atoms with Crippen LogP contribution in [-0.2, 0) is 6.42 Å². The van der Waals surface area contributed by atoms with Crippen molar-refractivity contribution in [3.63, 3.8) is 0 Å². The van der Waals surface area contributed by atoms with Crippen molar-refractivity contribution in [2.45, 2.75) is 32.4 Å². The molecule has 2 rings (SSSR count). The summed E-state index contributed by atoms with van der Waals surface area (Å²) in [6.07, 6.45) is 0.993. The highest BCUT2D eigenvalue weighted by Gasteiger charge is 2.27. The highest BCUT2D eigenvalue weighted by atomic mass is 32.2. The fourth-order valence-corrected chi connectivity index (χ4v) is 3.93. The van der Waals surface area contributed by atoms with E-state index in [2.05, 4.69) is 49.4 Å². The molecule has 2 atom stereocenters. The van der Waals surface area contributed by atoms with Crippen LogP contribution in [0.4, 0.5) is 0 Å². The predicted octanol–water partition coefficient (Wildman–Crippen LogP) is 1.73. The molecule has 4 heteroatoms. The Kier molecular flexibility index (Phi) is 5.28. The van der Waals surface area contributed by atoms with E-state index in [1.807, 2.05) is 11.8 Å². The van der Waals surface area contributed by atoms with Crippen molar-refractivity contribution in [1.82, 2.24) is 10.3 Å². The molecule has 2 unspecified atom stereocenters. The smallest absolute Gasteiger partial charge is 0.0414 e. The monoisotopic (exact) mass is 279 g/mol. The maximum atomic E-state index is 5.80. The number of hydrogen-bond acceptors (Lipinski definition) is 4. The molecule has 0 amide bonds. The number of nitrogens with two attached hydrogens (primary N) is 1. The number of nitrogens with zero attached hydrogens (tertiary/aromatic N) is 1. The number of hydrazine groups is 1. The number of nitrogens with one attached hydrogen (secondary N) is 1. The van der Waals surface area contributed by atoms with Crippen LogP contribution in [0.1, 0.15) is 16.7 Å². The summed E-state index contributed by atoms with van der Waals surface area (Å²) in [7, 11) is 2.20. The van der Waals surface area contributed by atoms with Crippen LogP contribution in [0.5, 0.6) is 0 Å². The van der Waals surface area contributed by atoms with Crippen LogP contribution in [0, 0.1) is 13.8 Å². The Labute approximate surface area is 120 Å². The van der Waals surface area contributed by atoms with Gasteiger partial charge in [-0.05, 0) is 44.0 Å². The van der Waals surface area contributed by atoms with E-state index in [-0.39, 0.29) is 0 Å². The molecule has 1 aromatic rings. The summed E-state index contributed by atoms with van der Waals surface area (Å²) < 4.78 is 0. The molecule has 3 N–H and O–H groups in total. The minimum atomic E-state index is 0.319. The number of benzene rings is 1. The Balaban J connectivity index is 2.07. The molecule has 19 heavy (non-hydrogen) atoms. The van der Waals surface area contributed by atoms with Crippen molar-refractivity contribution in [2.75, 3.05) is 25.1 Å². The lowest BCUT2D eigenvalue weighted by Gasteiger charge is -2.37. The number of likely N-dealkylation sites (N-methyl/N-ethyl adjacent to an activating group) is 1. The largest absolute Gasteiger partial charge is 0.300 e. The first-order valence-corrected chi connectivity index (χ1v) is 8.07. The van der Waals surface area contributed by atoms with Crippen LogP contribution in [0.2, 0.25) is 0 Å². The van der Waals surface area contributed by atoms with Gasteiger partial charge in [0.25, 0.3) is 0 Å². The third kappa shape index (κ3) is 3.72. The lowest BCUT2D eigenvalue weighted by molar-refractivity contribution is 0.214. The standard InChI is InChI=1S/C15H25N3S/c1-11-4-5-13(8-12(11)2)9-14(17-16)15-10-19-7-6-18(15)3/h4-5,8,14-15,17H,6-7,9-10,16H2,1-3H3. The molecule has 0 aliphatic carbocycles. The van der Waals surface area contributed by atoms with Crippen LogP contribution in [0.15, 0.2) is 18.2 Å². The summed E-state index contributed by atoms with van der Waals surface area (Å²) in [5, 5.41) is 0. The average Bonchev–Trinajstić information content (AvgIpc) is 2.41. The Morgan fingerprint density at radius 3 is 2.84 bits per heavy atom. The van der Waals surface area contributed by atoms with E-state index < -0.39 is 0 Å². The van der Waals surface area contributed by atoms with Gasteiger partial charge in [-0.3, -0.25) is 11.3 Å². The zero-order chi connectivity index (χ0) is 13.8. The molecule has 0 spiro atoms. The van der Waals surface area contributed by atoms with Crippen LogP contribution in [0.3, 0.4) is 0 Å². The minimum Gasteiger partial charge on any atom is -0.300 e. The zero-order valence-electron chi connectivity index (χ0n) is 12.1. The van der Waals surface area contributed by atoms with Crippen molar-refractivity contribution >= 4 is 11.8 Å². The molecular formula is C15H25N3S. The van der Waals surface area contributed by atoms with E-state index in [1.54, 1.807) is 0 Å². The lowest BCUT2D eigenvalue weighted by Crippen LogP contribution is -2.55. The minimum absolute atomic E-state index is 0.319. The molecule has 0 radical (unpaired) electrons. The van der Waals surface area contributed by atoms with Crippen LogP contribution >= 0.6 is 11.8 Å². The zero-order valence-corrected chi connectivity index (χ0v) is 13.0. The quantitative estimate of drug-likeness (QED) is 0.650. The van der Waals surface area contributed by atoms with E-state index in [0.29, 0.717) is 12.1 Å². The van der Waals surface area contributed by atoms with Gasteiger partial charge in [0.1, 0.15) is 0 Å². The van der Waals surface area contributed by atoms with E-state index >= 15 is 0 Å². The van der Waals surface area contributed by atoms with Gasteiger partial charge < -0.3 is 4.90 Å². The van der Waals surface area contributed by atoms with E-state index in [9.17, 15) is 0 Å². The first-order chi connectivity index (χ1) is 9.11. The SMILES string of the molecule is Cc1ccc(CC(NN)C2CSCCN2C)cc1C. The Hall–Kier alpha value is -0.550. The number of aryl methyl sites for hydroxylation is 2. The second-order valence-electron chi connectivity index (χ2n) is 5.52. The summed E-state index contributed by atoms with van der Waals surface area (Å²) in [6.45, 7) is 5.48. The third-order valence-corrected chi connectivity index (χ3v) is 5.20. The van der Waals surface area contributed by atoms with Crippen molar-refractivity contribution in [3.8, 4) is 0 Å². The summed E-state index contributed by atoms with van der Waals surface area (Å²) in [5.41, 5.74) is 7.11. The molecule has 1 aliphatic heterocycles. The predicted molar refractivity (Wildman–Crippen MR) is 84.5 cm³/mol. The molecule has 1 aromatic carbocycles. The first-order valence-electron chi connectivity index (χ1n) is 6.92. The van der Waals surface area contributed by atoms with Gasteiger partial charge in [-0.2, -0.15) is 11.8 Å². The van der Waals surface area contributed by atoms with Crippen molar-refractivity contribution in [2.24, 2.45) is 5.84 Å². The molecule has 3 nitrogen and oxygen atoms in total. The second kappa shape index (κ2) is 6.75. The van der Waals surface area contributed by atoms with Gasteiger partial charge >= 0.3 is 0 Å². The number of hydrogen-bond donors (Lipinski definition) is 2. The van der Waals surface area contributed by atoms with Gasteiger partial charge in [-0.1, -0.05) is 18.2 Å². The van der Waals surface area contributed by atoms with E-state index in [0.717, 1.165) is 18.7 Å². The van der Waals surface area contributed by atoms with Crippen molar-refractivity contribution in [1.29, 1.82) is 0 Å². The highest BCUT2D eigenvalue weighted by molar-refractivity contribution is 7.99. The van der Waals surface area contributed by atoms with Gasteiger partial charge in [-0.25, -0.2) is 0 Å². The van der Waals surface area contributed by atoms with Gasteiger partial charge in [0.15, 0.2) is 0 Å². The van der Waals surface area contributed by atoms with Crippen LogP contribution in [0.25, 0.3) is 0 Å². The molecule has 0 bridgehead atoms.